The van der Waals surface area contributed by atoms with Crippen molar-refractivity contribution in [2.75, 3.05) is 0 Å². The Labute approximate surface area is 118 Å². The summed E-state index contributed by atoms with van der Waals surface area (Å²) in [5, 5.41) is 3.25. The van der Waals surface area contributed by atoms with Gasteiger partial charge in [0, 0.05) is 1.43 Å². The molecule has 0 nitrogen and oxygen atoms in total. The maximum Gasteiger partial charge on any atom is 0.236 e. The van der Waals surface area contributed by atoms with Gasteiger partial charge in [-0.15, -0.1) is 0 Å². The Bertz CT molecular complexity index is 114. The van der Waals surface area contributed by atoms with E-state index >= 15 is 0 Å². The standard InChI is InChI=1S/2C8H17.Al.H2.H/c2*1-3-5-7-8-6-4-2;;;/h2*1,3-8H2,2H3;;1H;. The molecule has 0 aliphatic heterocycles. The van der Waals surface area contributed by atoms with Crippen LogP contribution in [0.2, 0.25) is 10.6 Å². The van der Waals surface area contributed by atoms with Crippen LogP contribution in [0.5, 0.6) is 0 Å². The lowest BCUT2D eigenvalue weighted by molar-refractivity contribution is 0.618. The van der Waals surface area contributed by atoms with E-state index in [2.05, 4.69) is 13.8 Å². The Morgan fingerprint density at radius 3 is 1.29 bits per heavy atom. The first-order valence-electron chi connectivity index (χ1n) is 8.41. The van der Waals surface area contributed by atoms with Crippen LogP contribution in [0.4, 0.5) is 0 Å². The molecule has 0 N–H and O–H groups in total. The first-order chi connectivity index (χ1) is 8.41. The molecule has 0 spiro atoms. The second kappa shape index (κ2) is 16.5. The van der Waals surface area contributed by atoms with Gasteiger partial charge in [0.05, 0.1) is 0 Å². The van der Waals surface area contributed by atoms with E-state index in [1.807, 2.05) is 0 Å². The van der Waals surface area contributed by atoms with Crippen LogP contribution in [-0.4, -0.2) is 15.2 Å². The molecule has 0 saturated heterocycles. The van der Waals surface area contributed by atoms with E-state index in [4.69, 9.17) is 0 Å². The average Bonchev–Trinajstić information content (AvgIpc) is 2.35. The van der Waals surface area contributed by atoms with Crippen LogP contribution in [0.1, 0.15) is 92.3 Å². The molecule has 0 aromatic heterocycles. The zero-order valence-electron chi connectivity index (χ0n) is 12.6. The minimum absolute atomic E-state index is 0. The molecule has 1 heteroatoms. The van der Waals surface area contributed by atoms with Crippen molar-refractivity contribution in [2.24, 2.45) is 0 Å². The number of hydrogen-bond acceptors (Lipinski definition) is 0. The third-order valence-electron chi connectivity index (χ3n) is 3.71. The Kier molecular flexibility index (Phi) is 17.1. The molecule has 0 heterocycles. The fourth-order valence-corrected chi connectivity index (χ4v) is 4.21. The molecule has 0 radical (unpaired) electrons. The lowest BCUT2D eigenvalue weighted by atomic mass is 10.1. The van der Waals surface area contributed by atoms with Crippen molar-refractivity contribution >= 4 is 15.2 Å². The first kappa shape index (κ1) is 17.5. The highest BCUT2D eigenvalue weighted by molar-refractivity contribution is 6.35. The molecule has 0 aliphatic carbocycles. The van der Waals surface area contributed by atoms with Crippen LogP contribution in [0.15, 0.2) is 0 Å². The van der Waals surface area contributed by atoms with Crippen molar-refractivity contribution in [3.05, 3.63) is 0 Å². The Morgan fingerprint density at radius 1 is 0.529 bits per heavy atom. The summed E-state index contributed by atoms with van der Waals surface area (Å²) in [6, 6.07) is 0. The molecule has 0 unspecified atom stereocenters. The molecule has 0 atom stereocenters. The highest BCUT2D eigenvalue weighted by Gasteiger charge is 1.95. The molecule has 17 heavy (non-hydrogen) atoms. The van der Waals surface area contributed by atoms with Gasteiger partial charge in [0.1, 0.15) is 0 Å². The van der Waals surface area contributed by atoms with Crippen LogP contribution in [0.3, 0.4) is 0 Å². The molecule has 0 aliphatic rings. The van der Waals surface area contributed by atoms with Crippen molar-refractivity contribution in [2.45, 2.75) is 101 Å². The lowest BCUT2D eigenvalue weighted by Gasteiger charge is -2.01. The van der Waals surface area contributed by atoms with E-state index in [1.54, 1.807) is 23.4 Å². The summed E-state index contributed by atoms with van der Waals surface area (Å²) in [6.07, 6.45) is 17.8. The van der Waals surface area contributed by atoms with Crippen LogP contribution in [0.25, 0.3) is 0 Å². The van der Waals surface area contributed by atoms with Gasteiger partial charge in [-0.05, 0) is 0 Å². The summed E-state index contributed by atoms with van der Waals surface area (Å²) < 4.78 is 0. The zero-order chi connectivity index (χ0) is 12.6. The Morgan fingerprint density at radius 2 is 0.882 bits per heavy atom. The topological polar surface area (TPSA) is 0 Å². The zero-order valence-corrected chi connectivity index (χ0v) is 14.0. The van der Waals surface area contributed by atoms with Crippen molar-refractivity contribution in [1.29, 1.82) is 0 Å². The van der Waals surface area contributed by atoms with Gasteiger partial charge >= 0.3 is 0 Å². The summed E-state index contributed by atoms with van der Waals surface area (Å²) in [5.74, 6) is 0. The molecule has 0 bridgehead atoms. The molecule has 0 amide bonds. The Balaban J connectivity index is 0. The minimum Gasteiger partial charge on any atom is -0.0972 e. The molecule has 0 fully saturated rings. The third-order valence-corrected chi connectivity index (χ3v) is 5.71. The molecule has 104 valence electrons. The van der Waals surface area contributed by atoms with E-state index in [0.717, 1.165) is 0 Å². The third kappa shape index (κ3) is 16.5. The van der Waals surface area contributed by atoms with Gasteiger partial charge in [-0.25, -0.2) is 0 Å². The second-order valence-electron chi connectivity index (χ2n) is 5.60. The van der Waals surface area contributed by atoms with Gasteiger partial charge in [-0.1, -0.05) is 101 Å². The van der Waals surface area contributed by atoms with Crippen LogP contribution in [-0.2, 0) is 0 Å². The SMILES string of the molecule is CCCCCCC[CH2][AlH][CH2]CCCCCCC.[HH]. The fourth-order valence-electron chi connectivity index (χ4n) is 2.44. The van der Waals surface area contributed by atoms with Crippen LogP contribution >= 0.6 is 0 Å². The van der Waals surface area contributed by atoms with Crippen molar-refractivity contribution < 1.29 is 1.43 Å². The summed E-state index contributed by atoms with van der Waals surface area (Å²) >= 11 is 0.332. The summed E-state index contributed by atoms with van der Waals surface area (Å²) in [7, 11) is 0. The monoisotopic (exact) mass is 256 g/mol. The molecule has 0 rings (SSSR count). The highest BCUT2D eigenvalue weighted by Crippen LogP contribution is 2.10. The van der Waals surface area contributed by atoms with Crippen molar-refractivity contribution in [3.63, 3.8) is 0 Å². The normalized spacial score (nSPS) is 10.7. The van der Waals surface area contributed by atoms with Gasteiger partial charge in [-0.3, -0.25) is 0 Å². The smallest absolute Gasteiger partial charge is 0.0972 e. The van der Waals surface area contributed by atoms with E-state index in [-0.39, 0.29) is 1.43 Å². The van der Waals surface area contributed by atoms with Gasteiger partial charge in [-0.2, -0.15) is 0 Å². The van der Waals surface area contributed by atoms with E-state index in [0.29, 0.717) is 15.2 Å². The van der Waals surface area contributed by atoms with E-state index in [9.17, 15) is 0 Å². The van der Waals surface area contributed by atoms with Gasteiger partial charge in [0.25, 0.3) is 0 Å². The predicted molar refractivity (Wildman–Crippen MR) is 85.6 cm³/mol. The fraction of sp³-hybridized carbons (Fsp3) is 1.00. The quantitative estimate of drug-likeness (QED) is 0.255. The van der Waals surface area contributed by atoms with Crippen molar-refractivity contribution in [1.82, 2.24) is 0 Å². The van der Waals surface area contributed by atoms with Gasteiger partial charge < -0.3 is 0 Å². The van der Waals surface area contributed by atoms with Crippen molar-refractivity contribution in [3.8, 4) is 0 Å². The Hall–Kier alpha value is 0.532. The van der Waals surface area contributed by atoms with Gasteiger partial charge in [0.15, 0.2) is 0 Å². The molecule has 0 aromatic rings. The molecular formula is C16H37Al. The summed E-state index contributed by atoms with van der Waals surface area (Å²) in [4.78, 5) is 0. The lowest BCUT2D eigenvalue weighted by Crippen LogP contribution is -1.90. The summed E-state index contributed by atoms with van der Waals surface area (Å²) in [6.45, 7) is 4.60. The number of rotatable bonds is 14. The second-order valence-corrected chi connectivity index (χ2v) is 7.72. The van der Waals surface area contributed by atoms with E-state index < -0.39 is 0 Å². The molecule has 0 saturated carbocycles. The highest BCUT2D eigenvalue weighted by atomic mass is 27.1. The maximum absolute atomic E-state index is 2.30. The largest absolute Gasteiger partial charge is 0.236 e. The summed E-state index contributed by atoms with van der Waals surface area (Å²) in [5.41, 5.74) is 0. The van der Waals surface area contributed by atoms with E-state index in [1.165, 1.54) is 64.2 Å². The average molecular weight is 256 g/mol. The minimum atomic E-state index is 0. The van der Waals surface area contributed by atoms with Gasteiger partial charge in [0.2, 0.25) is 15.2 Å². The van der Waals surface area contributed by atoms with Crippen LogP contribution < -0.4 is 0 Å². The molecule has 0 aromatic carbocycles. The van der Waals surface area contributed by atoms with Crippen LogP contribution in [0, 0.1) is 0 Å². The number of unbranched alkanes of at least 4 members (excludes halogenated alkanes) is 10. The molecular weight excluding hydrogens is 219 g/mol. The maximum atomic E-state index is 2.30. The first-order valence-corrected chi connectivity index (χ1v) is 10.4. The number of hydrogen-bond donors (Lipinski definition) is 0. The predicted octanol–water partition coefficient (Wildman–Crippen LogP) is 6.23.